The smallest absolute Gasteiger partial charge is 0.119 e. The molecule has 0 amide bonds. The number of likely N-dealkylation sites (N-methyl/N-ethyl adjacent to an activating group) is 1. The summed E-state index contributed by atoms with van der Waals surface area (Å²) >= 11 is 0. The van der Waals surface area contributed by atoms with Gasteiger partial charge < -0.3 is 15.4 Å². The van der Waals surface area contributed by atoms with Crippen LogP contribution in [0.15, 0.2) is 18.2 Å². The van der Waals surface area contributed by atoms with E-state index in [2.05, 4.69) is 36.9 Å². The van der Waals surface area contributed by atoms with Crippen molar-refractivity contribution in [1.82, 2.24) is 4.90 Å². The minimum absolute atomic E-state index is 0.216. The second-order valence-corrected chi connectivity index (χ2v) is 5.23. The summed E-state index contributed by atoms with van der Waals surface area (Å²) in [5.41, 5.74) is 8.81. The van der Waals surface area contributed by atoms with Crippen molar-refractivity contribution < 1.29 is 4.74 Å². The molecule has 1 aliphatic carbocycles. The number of nitrogens with zero attached hydrogens (tertiary/aromatic N) is 1. The molecule has 0 saturated heterocycles. The second-order valence-electron chi connectivity index (χ2n) is 5.23. The van der Waals surface area contributed by atoms with E-state index in [1.807, 2.05) is 0 Å². The Morgan fingerprint density at radius 2 is 2.11 bits per heavy atom. The molecule has 0 bridgehead atoms. The predicted octanol–water partition coefficient (Wildman–Crippen LogP) is 2.74. The van der Waals surface area contributed by atoms with Gasteiger partial charge in [0.05, 0.1) is 0 Å². The van der Waals surface area contributed by atoms with Crippen molar-refractivity contribution in [3.8, 4) is 5.75 Å². The summed E-state index contributed by atoms with van der Waals surface area (Å²) in [5, 5.41) is 0. The number of aryl methyl sites for hydroxylation is 1. The summed E-state index contributed by atoms with van der Waals surface area (Å²) in [6, 6.07) is 6.60. The molecular formula is C16H26N2O. The van der Waals surface area contributed by atoms with Crippen LogP contribution in [0.4, 0.5) is 0 Å². The molecule has 0 heterocycles. The summed E-state index contributed by atoms with van der Waals surface area (Å²) in [6.07, 6.45) is 3.43. The van der Waals surface area contributed by atoms with Crippen molar-refractivity contribution in [2.75, 3.05) is 26.2 Å². The molecule has 3 nitrogen and oxygen atoms in total. The first-order chi connectivity index (χ1) is 9.24. The van der Waals surface area contributed by atoms with E-state index in [9.17, 15) is 0 Å². The normalized spacial score (nSPS) is 18.4. The van der Waals surface area contributed by atoms with Gasteiger partial charge in [0.1, 0.15) is 12.4 Å². The van der Waals surface area contributed by atoms with Gasteiger partial charge in [0.15, 0.2) is 0 Å². The van der Waals surface area contributed by atoms with Crippen LogP contribution in [0.5, 0.6) is 5.75 Å². The molecule has 1 aromatic rings. The highest BCUT2D eigenvalue weighted by Crippen LogP contribution is 2.30. The largest absolute Gasteiger partial charge is 0.492 e. The van der Waals surface area contributed by atoms with Gasteiger partial charge in [0.2, 0.25) is 0 Å². The van der Waals surface area contributed by atoms with Crippen LogP contribution in [0.3, 0.4) is 0 Å². The van der Waals surface area contributed by atoms with E-state index < -0.39 is 0 Å². The van der Waals surface area contributed by atoms with Gasteiger partial charge in [-0.05, 0) is 55.6 Å². The molecule has 1 aliphatic rings. The number of nitrogens with two attached hydrogens (primary N) is 1. The van der Waals surface area contributed by atoms with Gasteiger partial charge in [0.25, 0.3) is 0 Å². The SMILES string of the molecule is CCN(CC)CCOc1ccc2c(c1)CCCC2N. The second kappa shape index (κ2) is 6.92. The number of ether oxygens (including phenoxy) is 1. The molecule has 1 aromatic carbocycles. The Bertz CT molecular complexity index is 402. The van der Waals surface area contributed by atoms with Crippen LogP contribution in [0.2, 0.25) is 0 Å². The first-order valence-corrected chi connectivity index (χ1v) is 7.48. The lowest BCUT2D eigenvalue weighted by Crippen LogP contribution is -2.28. The maximum absolute atomic E-state index is 6.12. The van der Waals surface area contributed by atoms with Crippen molar-refractivity contribution in [3.05, 3.63) is 29.3 Å². The fraction of sp³-hybridized carbons (Fsp3) is 0.625. The molecule has 2 rings (SSSR count). The highest BCUT2D eigenvalue weighted by Gasteiger charge is 2.16. The highest BCUT2D eigenvalue weighted by molar-refractivity contribution is 5.38. The Kier molecular flexibility index (Phi) is 5.23. The van der Waals surface area contributed by atoms with Crippen molar-refractivity contribution in [2.45, 2.75) is 39.2 Å². The Morgan fingerprint density at radius 1 is 1.32 bits per heavy atom. The van der Waals surface area contributed by atoms with E-state index in [1.54, 1.807) is 0 Å². The van der Waals surface area contributed by atoms with Crippen LogP contribution in [-0.2, 0) is 6.42 Å². The number of fused-ring (bicyclic) bond motifs is 1. The maximum Gasteiger partial charge on any atom is 0.119 e. The number of rotatable bonds is 6. The quantitative estimate of drug-likeness (QED) is 0.856. The third-order valence-corrected chi connectivity index (χ3v) is 4.05. The van der Waals surface area contributed by atoms with Gasteiger partial charge in [-0.15, -0.1) is 0 Å². The van der Waals surface area contributed by atoms with Crippen LogP contribution in [-0.4, -0.2) is 31.1 Å². The van der Waals surface area contributed by atoms with Gasteiger partial charge in [-0.1, -0.05) is 19.9 Å². The number of hydrogen-bond donors (Lipinski definition) is 1. The third-order valence-electron chi connectivity index (χ3n) is 4.05. The van der Waals surface area contributed by atoms with Crippen molar-refractivity contribution in [1.29, 1.82) is 0 Å². The Balaban J connectivity index is 1.91. The van der Waals surface area contributed by atoms with Crippen LogP contribution in [0.1, 0.15) is 43.9 Å². The monoisotopic (exact) mass is 262 g/mol. The zero-order chi connectivity index (χ0) is 13.7. The lowest BCUT2D eigenvalue weighted by atomic mass is 9.88. The van der Waals surface area contributed by atoms with Crippen molar-refractivity contribution in [3.63, 3.8) is 0 Å². The zero-order valence-electron chi connectivity index (χ0n) is 12.2. The number of hydrogen-bond acceptors (Lipinski definition) is 3. The van der Waals surface area contributed by atoms with Crippen molar-refractivity contribution in [2.24, 2.45) is 5.73 Å². The lowest BCUT2D eigenvalue weighted by molar-refractivity contribution is 0.222. The van der Waals surface area contributed by atoms with E-state index in [4.69, 9.17) is 10.5 Å². The molecule has 0 radical (unpaired) electrons. The lowest BCUT2D eigenvalue weighted by Gasteiger charge is -2.23. The molecule has 3 heteroatoms. The molecule has 2 N–H and O–H groups in total. The molecule has 106 valence electrons. The van der Waals surface area contributed by atoms with E-state index in [-0.39, 0.29) is 6.04 Å². The van der Waals surface area contributed by atoms with E-state index >= 15 is 0 Å². The molecule has 1 unspecified atom stereocenters. The summed E-state index contributed by atoms with van der Waals surface area (Å²) < 4.78 is 5.86. The molecule has 0 aliphatic heterocycles. The average molecular weight is 262 g/mol. The van der Waals surface area contributed by atoms with Gasteiger partial charge in [0, 0.05) is 12.6 Å². The molecular weight excluding hydrogens is 236 g/mol. The van der Waals surface area contributed by atoms with Gasteiger partial charge in [-0.2, -0.15) is 0 Å². The molecule has 1 atom stereocenters. The minimum atomic E-state index is 0.216. The van der Waals surface area contributed by atoms with Gasteiger partial charge in [-0.25, -0.2) is 0 Å². The molecule has 0 fully saturated rings. The van der Waals surface area contributed by atoms with Crippen LogP contribution < -0.4 is 10.5 Å². The van der Waals surface area contributed by atoms with Crippen LogP contribution in [0, 0.1) is 0 Å². The first kappa shape index (κ1) is 14.4. The first-order valence-electron chi connectivity index (χ1n) is 7.48. The fourth-order valence-electron chi connectivity index (χ4n) is 2.75. The van der Waals surface area contributed by atoms with Crippen LogP contribution >= 0.6 is 0 Å². The number of benzene rings is 1. The predicted molar refractivity (Wildman–Crippen MR) is 79.6 cm³/mol. The van der Waals surface area contributed by atoms with Crippen LogP contribution in [0.25, 0.3) is 0 Å². The topological polar surface area (TPSA) is 38.5 Å². The van der Waals surface area contributed by atoms with E-state index in [0.717, 1.165) is 44.8 Å². The van der Waals surface area contributed by atoms with Gasteiger partial charge in [-0.3, -0.25) is 0 Å². The third kappa shape index (κ3) is 3.71. The Morgan fingerprint density at radius 3 is 2.84 bits per heavy atom. The molecule has 0 saturated carbocycles. The molecule has 0 aromatic heterocycles. The Labute approximate surface area is 116 Å². The summed E-state index contributed by atoms with van der Waals surface area (Å²) in [7, 11) is 0. The van der Waals surface area contributed by atoms with Gasteiger partial charge >= 0.3 is 0 Å². The van der Waals surface area contributed by atoms with E-state index in [1.165, 1.54) is 17.5 Å². The Hall–Kier alpha value is -1.06. The summed E-state index contributed by atoms with van der Waals surface area (Å²) in [6.45, 7) is 8.28. The highest BCUT2D eigenvalue weighted by atomic mass is 16.5. The standard InChI is InChI=1S/C16H26N2O/c1-3-18(4-2)10-11-19-14-8-9-15-13(12-14)6-5-7-16(15)17/h8-9,12,16H,3-7,10-11,17H2,1-2H3. The zero-order valence-corrected chi connectivity index (χ0v) is 12.2. The molecule has 19 heavy (non-hydrogen) atoms. The van der Waals surface area contributed by atoms with E-state index in [0.29, 0.717) is 0 Å². The molecule has 0 spiro atoms. The summed E-state index contributed by atoms with van der Waals surface area (Å²) in [5.74, 6) is 0.986. The fourth-order valence-corrected chi connectivity index (χ4v) is 2.75. The van der Waals surface area contributed by atoms with Crippen molar-refractivity contribution >= 4 is 0 Å². The maximum atomic E-state index is 6.12. The summed E-state index contributed by atoms with van der Waals surface area (Å²) in [4.78, 5) is 2.37. The average Bonchev–Trinajstić information content (AvgIpc) is 2.44. The minimum Gasteiger partial charge on any atom is -0.492 e.